The van der Waals surface area contributed by atoms with E-state index in [9.17, 15) is 0 Å². The molecule has 0 bridgehead atoms. The average molecular weight is 606 g/mol. The molecule has 240 valence electrons. The Balaban J connectivity index is 1.46. The molecule has 0 aliphatic heterocycles. The van der Waals surface area contributed by atoms with E-state index in [0.717, 1.165) is 48.0 Å². The number of rotatable bonds is 21. The van der Waals surface area contributed by atoms with Crippen LogP contribution in [0.5, 0.6) is 0 Å². The highest BCUT2D eigenvalue weighted by atomic mass is 15.2. The van der Waals surface area contributed by atoms with Gasteiger partial charge in [-0.05, 0) is 91.6 Å². The van der Waals surface area contributed by atoms with Crippen LogP contribution in [0, 0.1) is 0 Å². The van der Waals surface area contributed by atoms with Gasteiger partial charge >= 0.3 is 0 Å². The fourth-order valence-corrected chi connectivity index (χ4v) is 5.59. The van der Waals surface area contributed by atoms with Gasteiger partial charge < -0.3 is 16.0 Å². The van der Waals surface area contributed by atoms with E-state index in [1.165, 1.54) is 93.7 Å². The Morgan fingerprint density at radius 2 is 0.733 bits per heavy atom. The molecule has 0 unspecified atom stereocenters. The average Bonchev–Trinajstić information content (AvgIpc) is 3.06. The molecular weight excluding hydrogens is 550 g/mol. The van der Waals surface area contributed by atoms with Crippen LogP contribution >= 0.6 is 0 Å². The molecule has 5 heteroatoms. The Hall–Kier alpha value is -3.86. The van der Waals surface area contributed by atoms with Crippen LogP contribution in [0.15, 0.2) is 78.9 Å². The van der Waals surface area contributed by atoms with Gasteiger partial charge in [-0.2, -0.15) is 9.97 Å². The normalized spacial score (nSPS) is 11.0. The Kier molecular flexibility index (Phi) is 14.8. The second-order valence-corrected chi connectivity index (χ2v) is 12.4. The van der Waals surface area contributed by atoms with Gasteiger partial charge in [-0.3, -0.25) is 0 Å². The van der Waals surface area contributed by atoms with Gasteiger partial charge in [-0.15, -0.1) is 0 Å². The second-order valence-electron chi connectivity index (χ2n) is 12.4. The summed E-state index contributed by atoms with van der Waals surface area (Å²) in [5.41, 5.74) is 7.15. The maximum Gasteiger partial charge on any atom is 0.231 e. The van der Waals surface area contributed by atoms with Crippen molar-refractivity contribution in [2.75, 3.05) is 16.0 Å². The minimum absolute atomic E-state index is 0.554. The van der Waals surface area contributed by atoms with E-state index in [0.29, 0.717) is 5.95 Å². The smallest absolute Gasteiger partial charge is 0.231 e. The number of unbranched alkanes of at least 4 members (excludes halogenated alkanes) is 9. The first-order chi connectivity index (χ1) is 22.1. The highest BCUT2D eigenvalue weighted by Crippen LogP contribution is 2.25. The van der Waals surface area contributed by atoms with Gasteiger partial charge in [0.05, 0.1) is 0 Å². The van der Waals surface area contributed by atoms with Crippen molar-refractivity contribution < 1.29 is 0 Å². The standard InChI is InChI=1S/C40H55N5/c1-4-7-10-13-16-32-19-25-35(26-20-32)41-38-31-39(42-36-27-21-33(22-28-36)17-14-11-8-5-2)45-40(44-38)43-37-29-23-34(24-30-37)18-15-12-9-6-3/h19-31H,4-18H2,1-3H3,(H3,41,42,43,44,45). The summed E-state index contributed by atoms with van der Waals surface area (Å²) in [6, 6.07) is 28.1. The second kappa shape index (κ2) is 19.5. The lowest BCUT2D eigenvalue weighted by Gasteiger charge is -2.14. The van der Waals surface area contributed by atoms with Crippen molar-refractivity contribution in [2.24, 2.45) is 0 Å². The molecule has 4 rings (SSSR count). The Labute approximate surface area is 272 Å². The van der Waals surface area contributed by atoms with Gasteiger partial charge in [0, 0.05) is 23.1 Å². The van der Waals surface area contributed by atoms with E-state index in [-0.39, 0.29) is 0 Å². The molecular formula is C40H55N5. The zero-order valence-electron chi connectivity index (χ0n) is 28.0. The van der Waals surface area contributed by atoms with Crippen molar-refractivity contribution in [1.29, 1.82) is 0 Å². The summed E-state index contributed by atoms with van der Waals surface area (Å²) >= 11 is 0. The van der Waals surface area contributed by atoms with Crippen molar-refractivity contribution in [3.05, 3.63) is 95.6 Å². The van der Waals surface area contributed by atoms with Gasteiger partial charge in [0.15, 0.2) is 0 Å². The minimum atomic E-state index is 0.554. The Bertz CT molecular complexity index is 1180. The van der Waals surface area contributed by atoms with E-state index >= 15 is 0 Å². The molecule has 45 heavy (non-hydrogen) atoms. The molecule has 3 aromatic carbocycles. The number of nitrogens with zero attached hydrogens (tertiary/aromatic N) is 2. The molecule has 1 heterocycles. The van der Waals surface area contributed by atoms with Crippen LogP contribution in [0.4, 0.5) is 34.6 Å². The summed E-state index contributed by atoms with van der Waals surface area (Å²) in [6.45, 7) is 6.77. The molecule has 0 spiro atoms. The van der Waals surface area contributed by atoms with E-state index in [4.69, 9.17) is 9.97 Å². The Morgan fingerprint density at radius 3 is 1.07 bits per heavy atom. The van der Waals surface area contributed by atoms with Crippen molar-refractivity contribution >= 4 is 34.6 Å². The highest BCUT2D eigenvalue weighted by molar-refractivity contribution is 5.67. The number of hydrogen-bond acceptors (Lipinski definition) is 5. The maximum atomic E-state index is 4.84. The van der Waals surface area contributed by atoms with Crippen molar-refractivity contribution in [3.8, 4) is 0 Å². The maximum absolute atomic E-state index is 4.84. The van der Waals surface area contributed by atoms with Crippen LogP contribution in [0.1, 0.15) is 115 Å². The first-order valence-electron chi connectivity index (χ1n) is 17.6. The third-order valence-corrected chi connectivity index (χ3v) is 8.35. The van der Waals surface area contributed by atoms with Gasteiger partial charge in [0.2, 0.25) is 5.95 Å². The third-order valence-electron chi connectivity index (χ3n) is 8.35. The molecule has 0 atom stereocenters. The number of hydrogen-bond donors (Lipinski definition) is 3. The molecule has 3 N–H and O–H groups in total. The number of benzene rings is 3. The van der Waals surface area contributed by atoms with E-state index in [1.54, 1.807) is 0 Å². The molecule has 0 radical (unpaired) electrons. The van der Waals surface area contributed by atoms with E-state index in [2.05, 4.69) is 110 Å². The zero-order valence-corrected chi connectivity index (χ0v) is 28.0. The fraction of sp³-hybridized carbons (Fsp3) is 0.450. The van der Waals surface area contributed by atoms with Crippen molar-refractivity contribution in [3.63, 3.8) is 0 Å². The van der Waals surface area contributed by atoms with Gasteiger partial charge in [-0.25, -0.2) is 0 Å². The summed E-state index contributed by atoms with van der Waals surface area (Å²) in [7, 11) is 0. The highest BCUT2D eigenvalue weighted by Gasteiger charge is 2.08. The first kappa shape index (κ1) is 34.0. The van der Waals surface area contributed by atoms with Gasteiger partial charge in [0.25, 0.3) is 0 Å². The zero-order chi connectivity index (χ0) is 31.5. The van der Waals surface area contributed by atoms with Crippen molar-refractivity contribution in [2.45, 2.75) is 117 Å². The predicted octanol–water partition coefficient (Wildman–Crippen LogP) is 12.1. The quantitative estimate of drug-likeness (QED) is 0.0825. The largest absolute Gasteiger partial charge is 0.340 e. The summed E-state index contributed by atoms with van der Waals surface area (Å²) in [5, 5.41) is 10.5. The van der Waals surface area contributed by atoms with Crippen molar-refractivity contribution in [1.82, 2.24) is 9.97 Å². The molecule has 0 aliphatic rings. The van der Waals surface area contributed by atoms with Crippen LogP contribution in [0.2, 0.25) is 0 Å². The summed E-state index contributed by atoms with van der Waals surface area (Å²) in [6.07, 6.45) is 18.7. The lowest BCUT2D eigenvalue weighted by Crippen LogP contribution is -2.04. The Morgan fingerprint density at radius 1 is 0.400 bits per heavy atom. The molecule has 4 aromatic rings. The molecule has 0 aliphatic carbocycles. The molecule has 5 nitrogen and oxygen atoms in total. The predicted molar refractivity (Wildman–Crippen MR) is 195 cm³/mol. The molecule has 1 aromatic heterocycles. The van der Waals surface area contributed by atoms with Crippen LogP contribution < -0.4 is 16.0 Å². The lowest BCUT2D eigenvalue weighted by molar-refractivity contribution is 0.667. The first-order valence-corrected chi connectivity index (χ1v) is 17.6. The summed E-state index contributed by atoms with van der Waals surface area (Å²) in [4.78, 5) is 9.68. The van der Waals surface area contributed by atoms with Crippen LogP contribution in [-0.2, 0) is 19.3 Å². The summed E-state index contributed by atoms with van der Waals surface area (Å²) < 4.78 is 0. The molecule has 0 amide bonds. The molecule has 0 fully saturated rings. The number of nitrogens with one attached hydrogen (secondary N) is 3. The van der Waals surface area contributed by atoms with E-state index in [1.807, 2.05) is 6.07 Å². The molecule has 0 saturated heterocycles. The summed E-state index contributed by atoms with van der Waals surface area (Å²) in [5.74, 6) is 2.04. The SMILES string of the molecule is CCCCCCc1ccc(Nc2cc(Nc3ccc(CCCCCC)cc3)nc(Nc3ccc(CCCCCC)cc3)n2)cc1. The monoisotopic (exact) mass is 605 g/mol. The number of aromatic nitrogens is 2. The minimum Gasteiger partial charge on any atom is -0.340 e. The van der Waals surface area contributed by atoms with Crippen LogP contribution in [-0.4, -0.2) is 9.97 Å². The van der Waals surface area contributed by atoms with Gasteiger partial charge in [-0.1, -0.05) is 115 Å². The molecule has 0 saturated carbocycles. The van der Waals surface area contributed by atoms with Crippen LogP contribution in [0.25, 0.3) is 0 Å². The third kappa shape index (κ3) is 12.6. The lowest BCUT2D eigenvalue weighted by atomic mass is 10.1. The van der Waals surface area contributed by atoms with Crippen LogP contribution in [0.3, 0.4) is 0 Å². The fourth-order valence-electron chi connectivity index (χ4n) is 5.59. The topological polar surface area (TPSA) is 61.9 Å². The number of anilines is 6. The van der Waals surface area contributed by atoms with Gasteiger partial charge in [0.1, 0.15) is 11.6 Å². The number of aryl methyl sites for hydroxylation is 3. The van der Waals surface area contributed by atoms with E-state index < -0.39 is 0 Å².